The molecule has 1 aliphatic carbocycles. The minimum atomic E-state index is 0.0381. The van der Waals surface area contributed by atoms with Gasteiger partial charge in [-0.25, -0.2) is 0 Å². The Morgan fingerprint density at radius 1 is 1.17 bits per heavy atom. The Morgan fingerprint density at radius 3 is 2.48 bits per heavy atom. The number of benzene rings is 1. The lowest BCUT2D eigenvalue weighted by Crippen LogP contribution is -2.39. The Balaban J connectivity index is 1.66. The summed E-state index contributed by atoms with van der Waals surface area (Å²) >= 11 is 0. The molecular formula is C20H30NO2+. The van der Waals surface area contributed by atoms with E-state index in [2.05, 4.69) is 38.4 Å². The number of likely N-dealkylation sites (tertiary alicyclic amines) is 1. The summed E-state index contributed by atoms with van der Waals surface area (Å²) in [4.78, 5) is 12.9. The molecule has 3 heteroatoms. The summed E-state index contributed by atoms with van der Waals surface area (Å²) in [5, 5.41) is 0. The molecule has 2 fully saturated rings. The van der Waals surface area contributed by atoms with Crippen LogP contribution in [0.25, 0.3) is 0 Å². The van der Waals surface area contributed by atoms with E-state index in [1.165, 1.54) is 31.2 Å². The van der Waals surface area contributed by atoms with Crippen LogP contribution < -0.4 is 0 Å². The van der Waals surface area contributed by atoms with E-state index in [1.807, 2.05) is 6.07 Å². The summed E-state index contributed by atoms with van der Waals surface area (Å²) in [6.07, 6.45) is 6.82. The maximum absolute atomic E-state index is 12.9. The zero-order valence-electron chi connectivity index (χ0n) is 14.5. The Kier molecular flexibility index (Phi) is 5.05. The third-order valence-corrected chi connectivity index (χ3v) is 5.61. The van der Waals surface area contributed by atoms with E-state index >= 15 is 0 Å². The van der Waals surface area contributed by atoms with E-state index < -0.39 is 0 Å². The Bertz CT molecular complexity index is 520. The summed E-state index contributed by atoms with van der Waals surface area (Å²) in [6.45, 7) is 2.05. The standard InChI is InChI=1S/C20H30NO2/c1-21(2)13-12-18(15-21)23-20(22)19(17-10-6-7-11-17)14-16-8-4-3-5-9-16/h3-5,8-9,17-19H,6-7,10-15H2,1-2H3/q+1. The number of esters is 1. The smallest absolute Gasteiger partial charge is 0.310 e. The highest BCUT2D eigenvalue weighted by Gasteiger charge is 2.37. The maximum atomic E-state index is 12.9. The molecule has 0 N–H and O–H groups in total. The van der Waals surface area contributed by atoms with Crippen molar-refractivity contribution in [3.63, 3.8) is 0 Å². The lowest BCUT2D eigenvalue weighted by molar-refractivity contribution is -0.879. The molecule has 1 aliphatic heterocycles. The fourth-order valence-corrected chi connectivity index (χ4v) is 4.25. The van der Waals surface area contributed by atoms with E-state index in [0.717, 1.165) is 30.4 Å². The molecule has 2 atom stereocenters. The monoisotopic (exact) mass is 316 g/mol. The first-order valence-corrected chi connectivity index (χ1v) is 9.10. The van der Waals surface area contributed by atoms with Gasteiger partial charge in [-0.2, -0.15) is 0 Å². The number of carbonyl (C=O) groups excluding carboxylic acids is 1. The summed E-state index contributed by atoms with van der Waals surface area (Å²) in [5.74, 6) is 0.593. The molecule has 0 aromatic heterocycles. The topological polar surface area (TPSA) is 26.3 Å². The molecule has 0 amide bonds. The fourth-order valence-electron chi connectivity index (χ4n) is 4.25. The van der Waals surface area contributed by atoms with Gasteiger partial charge in [-0.1, -0.05) is 43.2 Å². The van der Waals surface area contributed by atoms with Crippen molar-refractivity contribution in [2.45, 2.75) is 44.6 Å². The van der Waals surface area contributed by atoms with Gasteiger partial charge in [-0.05, 0) is 30.7 Å². The molecule has 1 saturated heterocycles. The van der Waals surface area contributed by atoms with Crippen LogP contribution >= 0.6 is 0 Å². The van der Waals surface area contributed by atoms with E-state index in [9.17, 15) is 4.79 Å². The van der Waals surface area contributed by atoms with Gasteiger partial charge < -0.3 is 9.22 Å². The second-order valence-electron chi connectivity index (χ2n) is 8.03. The average molecular weight is 316 g/mol. The van der Waals surface area contributed by atoms with Gasteiger partial charge in [0.05, 0.1) is 26.6 Å². The van der Waals surface area contributed by atoms with Crippen molar-refractivity contribution in [1.29, 1.82) is 0 Å². The van der Waals surface area contributed by atoms with Gasteiger partial charge in [0.2, 0.25) is 0 Å². The molecule has 1 heterocycles. The average Bonchev–Trinajstić information content (AvgIpc) is 3.15. The highest BCUT2D eigenvalue weighted by molar-refractivity contribution is 5.73. The van der Waals surface area contributed by atoms with Gasteiger partial charge in [-0.15, -0.1) is 0 Å². The van der Waals surface area contributed by atoms with Crippen molar-refractivity contribution in [3.05, 3.63) is 35.9 Å². The third kappa shape index (κ3) is 4.35. The lowest BCUT2D eigenvalue weighted by atomic mass is 9.85. The zero-order valence-corrected chi connectivity index (χ0v) is 14.5. The number of hydrogen-bond donors (Lipinski definition) is 0. The first kappa shape index (κ1) is 16.5. The van der Waals surface area contributed by atoms with Crippen molar-refractivity contribution >= 4 is 5.97 Å². The first-order chi connectivity index (χ1) is 11.0. The molecule has 1 aromatic rings. The number of carbonyl (C=O) groups is 1. The van der Waals surface area contributed by atoms with Gasteiger partial charge in [0.1, 0.15) is 6.54 Å². The SMILES string of the molecule is C[N+]1(C)CCC(OC(=O)C(Cc2ccccc2)C2CCCC2)C1. The largest absolute Gasteiger partial charge is 0.456 e. The van der Waals surface area contributed by atoms with E-state index in [4.69, 9.17) is 4.74 Å². The zero-order chi connectivity index (χ0) is 16.3. The minimum Gasteiger partial charge on any atom is -0.456 e. The highest BCUT2D eigenvalue weighted by Crippen LogP contribution is 2.34. The molecule has 3 rings (SSSR count). The molecule has 2 aliphatic rings. The number of rotatable bonds is 5. The summed E-state index contributed by atoms with van der Waals surface area (Å²) in [7, 11) is 4.43. The van der Waals surface area contributed by atoms with E-state index in [0.29, 0.717) is 5.92 Å². The number of ether oxygens (including phenoxy) is 1. The normalized spacial score (nSPS) is 25.4. The van der Waals surface area contributed by atoms with Crippen LogP contribution in [0.15, 0.2) is 30.3 Å². The number of nitrogens with zero attached hydrogens (tertiary/aromatic N) is 1. The van der Waals surface area contributed by atoms with Crippen LogP contribution in [0, 0.1) is 11.8 Å². The second-order valence-corrected chi connectivity index (χ2v) is 8.03. The fraction of sp³-hybridized carbons (Fsp3) is 0.650. The van der Waals surface area contributed by atoms with Crippen LogP contribution in [0.5, 0.6) is 0 Å². The van der Waals surface area contributed by atoms with Gasteiger partial charge in [0.15, 0.2) is 6.10 Å². The summed E-state index contributed by atoms with van der Waals surface area (Å²) in [5.41, 5.74) is 1.25. The molecule has 0 bridgehead atoms. The molecular weight excluding hydrogens is 286 g/mol. The molecule has 2 unspecified atom stereocenters. The van der Waals surface area contributed by atoms with E-state index in [1.54, 1.807) is 0 Å². The van der Waals surface area contributed by atoms with Crippen molar-refractivity contribution < 1.29 is 14.0 Å². The molecule has 1 saturated carbocycles. The summed E-state index contributed by atoms with van der Waals surface area (Å²) < 4.78 is 6.90. The summed E-state index contributed by atoms with van der Waals surface area (Å²) in [6, 6.07) is 10.4. The minimum absolute atomic E-state index is 0.0381. The second kappa shape index (κ2) is 7.04. The molecule has 1 aromatic carbocycles. The van der Waals surface area contributed by atoms with Crippen molar-refractivity contribution in [2.75, 3.05) is 27.2 Å². The first-order valence-electron chi connectivity index (χ1n) is 9.10. The van der Waals surface area contributed by atoms with Crippen LogP contribution in [0.1, 0.15) is 37.7 Å². The van der Waals surface area contributed by atoms with E-state index in [-0.39, 0.29) is 18.0 Å². The van der Waals surface area contributed by atoms with Crippen LogP contribution in [0.4, 0.5) is 0 Å². The lowest BCUT2D eigenvalue weighted by Gasteiger charge is -2.25. The van der Waals surface area contributed by atoms with Gasteiger partial charge in [-0.3, -0.25) is 4.79 Å². The Hall–Kier alpha value is -1.35. The van der Waals surface area contributed by atoms with Crippen molar-refractivity contribution in [3.8, 4) is 0 Å². The van der Waals surface area contributed by atoms with Crippen LogP contribution in [-0.4, -0.2) is 43.7 Å². The highest BCUT2D eigenvalue weighted by atomic mass is 16.5. The molecule has 3 nitrogen and oxygen atoms in total. The predicted molar refractivity (Wildman–Crippen MR) is 91.9 cm³/mol. The maximum Gasteiger partial charge on any atom is 0.310 e. The molecule has 0 radical (unpaired) electrons. The molecule has 126 valence electrons. The van der Waals surface area contributed by atoms with Crippen LogP contribution in [-0.2, 0) is 16.0 Å². The predicted octanol–water partition coefficient (Wildman–Crippen LogP) is 3.43. The van der Waals surface area contributed by atoms with Crippen molar-refractivity contribution in [1.82, 2.24) is 0 Å². The Morgan fingerprint density at radius 2 is 1.87 bits per heavy atom. The van der Waals surface area contributed by atoms with Gasteiger partial charge in [0.25, 0.3) is 0 Å². The Labute approximate surface area is 140 Å². The van der Waals surface area contributed by atoms with Crippen molar-refractivity contribution in [2.24, 2.45) is 11.8 Å². The van der Waals surface area contributed by atoms with Gasteiger partial charge >= 0.3 is 5.97 Å². The third-order valence-electron chi connectivity index (χ3n) is 5.61. The molecule has 23 heavy (non-hydrogen) atoms. The number of likely N-dealkylation sites (N-methyl/N-ethyl adjacent to an activating group) is 1. The van der Waals surface area contributed by atoms with Crippen LogP contribution in [0.2, 0.25) is 0 Å². The number of quaternary nitrogens is 1. The quantitative estimate of drug-likeness (QED) is 0.614. The number of hydrogen-bond acceptors (Lipinski definition) is 2. The van der Waals surface area contributed by atoms with Crippen LogP contribution in [0.3, 0.4) is 0 Å². The van der Waals surface area contributed by atoms with Gasteiger partial charge in [0, 0.05) is 6.42 Å². The molecule has 0 spiro atoms.